The van der Waals surface area contributed by atoms with Crippen LogP contribution in [0, 0.1) is 52.3 Å². The Hall–Kier alpha value is -0.570. The monoisotopic (exact) mass is 402 g/mol. The van der Waals surface area contributed by atoms with Crippen LogP contribution in [0.3, 0.4) is 0 Å². The number of nitrogens with two attached hydrogens (primary N) is 2. The summed E-state index contributed by atoms with van der Waals surface area (Å²) in [5.74, 6) is 5.05. The van der Waals surface area contributed by atoms with Gasteiger partial charge in [-0.25, -0.2) is 0 Å². The van der Waals surface area contributed by atoms with Crippen LogP contribution in [0.4, 0.5) is 0 Å². The van der Waals surface area contributed by atoms with Crippen molar-refractivity contribution in [1.29, 1.82) is 0 Å². The van der Waals surface area contributed by atoms with Crippen LogP contribution >= 0.6 is 0 Å². The van der Waals surface area contributed by atoms with Crippen molar-refractivity contribution in [3.63, 3.8) is 0 Å². The van der Waals surface area contributed by atoms with E-state index in [1.807, 2.05) is 0 Å². The van der Waals surface area contributed by atoms with Crippen LogP contribution < -0.4 is 11.5 Å². The smallest absolute Gasteiger partial charge is 0.224 e. The Kier molecular flexibility index (Phi) is 6.10. The maximum absolute atomic E-state index is 13.0. The molecule has 0 bridgehead atoms. The molecule has 4 aliphatic carbocycles. The average Bonchev–Trinajstić information content (AvgIpc) is 3.00. The molecule has 0 aromatic rings. The van der Waals surface area contributed by atoms with Gasteiger partial charge in [0.05, 0.1) is 5.41 Å². The van der Waals surface area contributed by atoms with E-state index < -0.39 is 0 Å². The lowest BCUT2D eigenvalue weighted by molar-refractivity contribution is -0.159. The van der Waals surface area contributed by atoms with E-state index in [2.05, 4.69) is 20.8 Å². The molecular weight excluding hydrogens is 356 g/mol. The summed E-state index contributed by atoms with van der Waals surface area (Å²) in [5.41, 5.74) is 12.6. The molecule has 9 atom stereocenters. The number of carbonyl (C=O) groups excluding carboxylic acids is 1. The zero-order valence-corrected chi connectivity index (χ0v) is 19.3. The fraction of sp³-hybridized carbons (Fsp3) is 0.962. The minimum Gasteiger partial charge on any atom is -0.369 e. The van der Waals surface area contributed by atoms with Crippen molar-refractivity contribution < 1.29 is 4.79 Å². The first-order valence-corrected chi connectivity index (χ1v) is 12.9. The van der Waals surface area contributed by atoms with Crippen molar-refractivity contribution in [2.75, 3.05) is 6.54 Å². The topological polar surface area (TPSA) is 69.1 Å². The van der Waals surface area contributed by atoms with Gasteiger partial charge in [-0.3, -0.25) is 4.79 Å². The number of carbonyl (C=O) groups is 1. The number of fused-ring (bicyclic) bond motifs is 5. The van der Waals surface area contributed by atoms with Gasteiger partial charge in [0.1, 0.15) is 0 Å². The van der Waals surface area contributed by atoms with Crippen molar-refractivity contribution in [2.45, 2.75) is 97.8 Å². The molecule has 4 N–H and O–H groups in total. The zero-order valence-electron chi connectivity index (χ0n) is 19.3. The van der Waals surface area contributed by atoms with E-state index >= 15 is 0 Å². The van der Waals surface area contributed by atoms with Crippen molar-refractivity contribution in [1.82, 2.24) is 0 Å². The summed E-state index contributed by atoms with van der Waals surface area (Å²) >= 11 is 0. The second-order valence-corrected chi connectivity index (χ2v) is 11.7. The molecular formula is C26H46N2O. The van der Waals surface area contributed by atoms with Gasteiger partial charge in [0.2, 0.25) is 5.91 Å². The largest absolute Gasteiger partial charge is 0.369 e. The van der Waals surface area contributed by atoms with Gasteiger partial charge in [-0.1, -0.05) is 46.5 Å². The third kappa shape index (κ3) is 3.20. The maximum Gasteiger partial charge on any atom is 0.224 e. The molecule has 166 valence electrons. The van der Waals surface area contributed by atoms with Crippen molar-refractivity contribution in [3.05, 3.63) is 0 Å². The summed E-state index contributed by atoms with van der Waals surface area (Å²) in [4.78, 5) is 13.0. The second kappa shape index (κ2) is 8.17. The van der Waals surface area contributed by atoms with Gasteiger partial charge in [-0.05, 0) is 105 Å². The van der Waals surface area contributed by atoms with Crippen LogP contribution in [0.1, 0.15) is 97.8 Å². The molecule has 3 heteroatoms. The molecule has 4 aliphatic rings. The molecule has 4 saturated carbocycles. The second-order valence-electron chi connectivity index (χ2n) is 11.7. The van der Waals surface area contributed by atoms with Gasteiger partial charge < -0.3 is 11.5 Å². The predicted octanol–water partition coefficient (Wildman–Crippen LogP) is 5.51. The minimum atomic E-state index is -0.182. The van der Waals surface area contributed by atoms with E-state index in [0.717, 1.165) is 42.6 Å². The van der Waals surface area contributed by atoms with Crippen LogP contribution in [0.25, 0.3) is 0 Å². The van der Waals surface area contributed by atoms with Crippen LogP contribution in [-0.2, 0) is 4.79 Å². The van der Waals surface area contributed by atoms with Crippen LogP contribution in [0.5, 0.6) is 0 Å². The van der Waals surface area contributed by atoms with Crippen molar-refractivity contribution in [2.24, 2.45) is 63.7 Å². The van der Waals surface area contributed by atoms with E-state index in [0.29, 0.717) is 17.3 Å². The SMILES string of the molecule is CCC[C@@H](C)[C@H]1C(CCN)C[C@H]2[C@@H]3CC[C@@H]4CCCC[C@]4(C(N)=O)[C@H]3CC[C@]12C. The molecule has 1 unspecified atom stereocenters. The summed E-state index contributed by atoms with van der Waals surface area (Å²) in [7, 11) is 0. The highest BCUT2D eigenvalue weighted by Crippen LogP contribution is 2.69. The lowest BCUT2D eigenvalue weighted by Gasteiger charge is -2.60. The lowest BCUT2D eigenvalue weighted by atomic mass is 9.43. The third-order valence-corrected chi connectivity index (χ3v) is 10.7. The Labute approximate surface area is 179 Å². The maximum atomic E-state index is 13.0. The highest BCUT2D eigenvalue weighted by atomic mass is 16.1. The van der Waals surface area contributed by atoms with Crippen LogP contribution in [0.15, 0.2) is 0 Å². The Morgan fingerprint density at radius 2 is 1.90 bits per heavy atom. The van der Waals surface area contributed by atoms with Gasteiger partial charge >= 0.3 is 0 Å². The fourth-order valence-electron chi connectivity index (χ4n) is 9.87. The van der Waals surface area contributed by atoms with Crippen LogP contribution in [-0.4, -0.2) is 12.5 Å². The third-order valence-electron chi connectivity index (χ3n) is 10.7. The summed E-state index contributed by atoms with van der Waals surface area (Å²) < 4.78 is 0. The van der Waals surface area contributed by atoms with Crippen molar-refractivity contribution in [3.8, 4) is 0 Å². The Morgan fingerprint density at radius 3 is 2.59 bits per heavy atom. The zero-order chi connectivity index (χ0) is 20.8. The van der Waals surface area contributed by atoms with E-state index in [1.165, 1.54) is 70.6 Å². The summed E-state index contributed by atoms with van der Waals surface area (Å²) in [6.45, 7) is 8.30. The Morgan fingerprint density at radius 1 is 1.10 bits per heavy atom. The minimum absolute atomic E-state index is 0.0490. The molecule has 4 fully saturated rings. The predicted molar refractivity (Wildman–Crippen MR) is 120 cm³/mol. The number of rotatable bonds is 6. The molecule has 4 rings (SSSR count). The molecule has 0 aliphatic heterocycles. The first kappa shape index (κ1) is 21.7. The molecule has 0 radical (unpaired) electrons. The van der Waals surface area contributed by atoms with Crippen LogP contribution in [0.2, 0.25) is 0 Å². The van der Waals surface area contributed by atoms with Gasteiger partial charge in [-0.2, -0.15) is 0 Å². The van der Waals surface area contributed by atoms with Gasteiger partial charge in [-0.15, -0.1) is 0 Å². The summed E-state index contributed by atoms with van der Waals surface area (Å²) in [6, 6.07) is 0. The summed E-state index contributed by atoms with van der Waals surface area (Å²) in [5, 5.41) is 0. The first-order valence-electron chi connectivity index (χ1n) is 12.9. The highest BCUT2D eigenvalue weighted by Gasteiger charge is 2.64. The van der Waals surface area contributed by atoms with Gasteiger partial charge in [0.25, 0.3) is 0 Å². The lowest BCUT2D eigenvalue weighted by Crippen LogP contribution is -2.59. The number of primary amides is 1. The van der Waals surface area contributed by atoms with Gasteiger partial charge in [0.15, 0.2) is 0 Å². The fourth-order valence-corrected chi connectivity index (χ4v) is 9.87. The first-order chi connectivity index (χ1) is 13.9. The highest BCUT2D eigenvalue weighted by molar-refractivity contribution is 5.82. The molecule has 3 nitrogen and oxygen atoms in total. The molecule has 0 saturated heterocycles. The van der Waals surface area contributed by atoms with Gasteiger partial charge in [0, 0.05) is 0 Å². The quantitative estimate of drug-likeness (QED) is 0.615. The van der Waals surface area contributed by atoms with Crippen molar-refractivity contribution >= 4 is 5.91 Å². The molecule has 0 heterocycles. The standard InChI is InChI=1S/C26H46N2O/c1-4-7-17(2)23-18(12-15-27)16-22-20-10-9-19-8-5-6-13-26(19,24(28)29)21(20)11-14-25(22,23)3/h17-23H,4-16,27H2,1-3H3,(H2,28,29)/t17-,18?,19+,20-,21+,22+,23+,25+,26-/m1/s1. The average molecular weight is 403 g/mol. The molecule has 0 spiro atoms. The number of hydrogen-bond donors (Lipinski definition) is 2. The van der Waals surface area contributed by atoms with E-state index in [-0.39, 0.29) is 11.3 Å². The molecule has 0 aromatic carbocycles. The normalized spacial score (nSPS) is 47.7. The summed E-state index contributed by atoms with van der Waals surface area (Å²) in [6.07, 6.45) is 15.1. The molecule has 29 heavy (non-hydrogen) atoms. The number of hydrogen-bond acceptors (Lipinski definition) is 2. The van der Waals surface area contributed by atoms with E-state index in [9.17, 15) is 4.79 Å². The Bertz CT molecular complexity index is 606. The van der Waals surface area contributed by atoms with E-state index in [4.69, 9.17) is 11.5 Å². The van der Waals surface area contributed by atoms with E-state index in [1.54, 1.807) is 0 Å². The number of amides is 1. The molecule has 1 amide bonds. The molecule has 0 aromatic heterocycles. The Balaban J connectivity index is 1.67.